The summed E-state index contributed by atoms with van der Waals surface area (Å²) in [5.41, 5.74) is 2.98. The zero-order valence-electron chi connectivity index (χ0n) is 19.0. The van der Waals surface area contributed by atoms with Crippen LogP contribution in [-0.2, 0) is 19.6 Å². The number of nitrogens with zero attached hydrogens (tertiary/aromatic N) is 5. The molecule has 1 aliphatic heterocycles. The molecular formula is C24H26FN7O2. The molecule has 4 aromatic rings. The van der Waals surface area contributed by atoms with E-state index in [1.54, 1.807) is 4.68 Å². The largest absolute Gasteiger partial charge is 0.394 e. The third-order valence-electron chi connectivity index (χ3n) is 6.18. The van der Waals surface area contributed by atoms with Crippen LogP contribution in [0.1, 0.15) is 40.2 Å². The minimum atomic E-state index is -0.474. The predicted octanol–water partition coefficient (Wildman–Crippen LogP) is 1.68. The number of aliphatic hydroxyl groups is 1. The zero-order chi connectivity index (χ0) is 23.8. The first-order chi connectivity index (χ1) is 16.5. The Morgan fingerprint density at radius 1 is 1.24 bits per heavy atom. The normalized spacial score (nSPS) is 17.9. The van der Waals surface area contributed by atoms with Crippen LogP contribution >= 0.6 is 0 Å². The van der Waals surface area contributed by atoms with Gasteiger partial charge in [0.2, 0.25) is 0 Å². The summed E-state index contributed by atoms with van der Waals surface area (Å²) >= 11 is 0. The van der Waals surface area contributed by atoms with Crippen LogP contribution in [0.2, 0.25) is 0 Å². The first-order valence-corrected chi connectivity index (χ1v) is 11.1. The maximum Gasteiger partial charge on any atom is 0.272 e. The molecule has 34 heavy (non-hydrogen) atoms. The van der Waals surface area contributed by atoms with E-state index in [1.807, 2.05) is 14.1 Å². The lowest BCUT2D eigenvalue weighted by Crippen LogP contribution is -2.29. The predicted molar refractivity (Wildman–Crippen MR) is 125 cm³/mol. The summed E-state index contributed by atoms with van der Waals surface area (Å²) in [5.74, 6) is -0.319. The van der Waals surface area contributed by atoms with E-state index in [9.17, 15) is 14.3 Å². The second kappa shape index (κ2) is 9.05. The van der Waals surface area contributed by atoms with Crippen molar-refractivity contribution in [2.75, 3.05) is 20.7 Å². The van der Waals surface area contributed by atoms with Gasteiger partial charge in [0.05, 0.1) is 30.1 Å². The van der Waals surface area contributed by atoms with Gasteiger partial charge >= 0.3 is 0 Å². The highest BCUT2D eigenvalue weighted by Crippen LogP contribution is 2.41. The van der Waals surface area contributed by atoms with Gasteiger partial charge in [-0.3, -0.25) is 4.79 Å². The smallest absolute Gasteiger partial charge is 0.272 e. The minimum absolute atomic E-state index is 0.101. The Bertz CT molecular complexity index is 1380. The standard InChI is InChI=1S/C24H26FN7O2/c1-31(2)12-14-3-5-15(6-4-14)21-20(23-27-13-28-32(23)7-8-33)22-19-16(11-26-21)9-17(25)10-18(19)24(34)30-29-22/h3-6,9-10,13,20-21,26,33H,7-8,11-12H2,1-2H3,(H,30,34). The number of nitrogens with one attached hydrogen (secondary N) is 2. The highest BCUT2D eigenvalue weighted by atomic mass is 19.1. The highest BCUT2D eigenvalue weighted by molar-refractivity contribution is 5.88. The molecule has 3 heterocycles. The topological polar surface area (TPSA) is 112 Å². The van der Waals surface area contributed by atoms with Crippen molar-refractivity contribution in [1.29, 1.82) is 0 Å². The molecule has 5 rings (SSSR count). The number of hydrogen-bond donors (Lipinski definition) is 3. The zero-order valence-corrected chi connectivity index (χ0v) is 19.0. The maximum atomic E-state index is 14.4. The number of hydrogen-bond acceptors (Lipinski definition) is 7. The molecule has 0 bridgehead atoms. The molecular weight excluding hydrogens is 437 g/mol. The van der Waals surface area contributed by atoms with Crippen molar-refractivity contribution in [2.45, 2.75) is 31.6 Å². The molecule has 2 atom stereocenters. The second-order valence-electron chi connectivity index (χ2n) is 8.81. The Morgan fingerprint density at radius 3 is 2.76 bits per heavy atom. The fraction of sp³-hybridized carbons (Fsp3) is 0.333. The Kier molecular flexibility index (Phi) is 5.94. The minimum Gasteiger partial charge on any atom is -0.394 e. The Labute approximate surface area is 195 Å². The van der Waals surface area contributed by atoms with Gasteiger partial charge in [-0.15, -0.1) is 0 Å². The summed E-state index contributed by atoms with van der Waals surface area (Å²) in [6, 6.07) is 10.7. The van der Waals surface area contributed by atoms with E-state index < -0.39 is 17.3 Å². The summed E-state index contributed by atoms with van der Waals surface area (Å²) in [6.45, 7) is 1.33. The third-order valence-corrected chi connectivity index (χ3v) is 6.18. The fourth-order valence-corrected chi connectivity index (χ4v) is 4.79. The first kappa shape index (κ1) is 22.3. The molecule has 0 saturated heterocycles. The van der Waals surface area contributed by atoms with Crippen molar-refractivity contribution < 1.29 is 9.50 Å². The summed E-state index contributed by atoms with van der Waals surface area (Å²) in [5, 5.41) is 25.3. The number of aromatic amines is 1. The molecule has 0 amide bonds. The lowest BCUT2D eigenvalue weighted by Gasteiger charge is -2.26. The molecule has 0 aliphatic carbocycles. The van der Waals surface area contributed by atoms with Crippen molar-refractivity contribution in [3.05, 3.63) is 87.1 Å². The van der Waals surface area contributed by atoms with Crippen molar-refractivity contribution in [2.24, 2.45) is 0 Å². The number of aliphatic hydroxyl groups excluding tert-OH is 1. The van der Waals surface area contributed by atoms with Gasteiger partial charge < -0.3 is 15.3 Å². The lowest BCUT2D eigenvalue weighted by atomic mass is 9.87. The van der Waals surface area contributed by atoms with Gasteiger partial charge in [-0.05, 0) is 42.9 Å². The number of halogens is 1. The van der Waals surface area contributed by atoms with Crippen molar-refractivity contribution >= 4 is 10.8 Å². The van der Waals surface area contributed by atoms with Crippen molar-refractivity contribution in [1.82, 2.24) is 35.2 Å². The van der Waals surface area contributed by atoms with Gasteiger partial charge in [-0.25, -0.2) is 19.2 Å². The molecule has 0 radical (unpaired) electrons. The van der Waals surface area contributed by atoms with Crippen molar-refractivity contribution in [3.8, 4) is 0 Å². The van der Waals surface area contributed by atoms with Crippen LogP contribution in [0, 0.1) is 5.82 Å². The van der Waals surface area contributed by atoms with Gasteiger partial charge in [0.15, 0.2) is 0 Å². The Balaban J connectivity index is 1.71. The summed E-state index contributed by atoms with van der Waals surface area (Å²) in [4.78, 5) is 19.2. The van der Waals surface area contributed by atoms with Gasteiger partial charge in [0, 0.05) is 24.5 Å². The molecule has 0 fully saturated rings. The molecule has 2 unspecified atom stereocenters. The molecule has 9 nitrogen and oxygen atoms in total. The van der Waals surface area contributed by atoms with Gasteiger partial charge in [0.1, 0.15) is 18.0 Å². The molecule has 3 N–H and O–H groups in total. The third kappa shape index (κ3) is 4.00. The molecule has 1 aliphatic rings. The molecule has 2 aromatic carbocycles. The van der Waals surface area contributed by atoms with Crippen LogP contribution in [0.5, 0.6) is 0 Å². The summed E-state index contributed by atoms with van der Waals surface area (Å²) in [7, 11) is 4.04. The van der Waals surface area contributed by atoms with E-state index in [0.717, 1.165) is 12.1 Å². The average Bonchev–Trinajstić information content (AvgIpc) is 3.19. The Morgan fingerprint density at radius 2 is 2.03 bits per heavy atom. The van der Waals surface area contributed by atoms with Crippen LogP contribution in [0.4, 0.5) is 4.39 Å². The van der Waals surface area contributed by atoms with Crippen LogP contribution < -0.4 is 10.9 Å². The first-order valence-electron chi connectivity index (χ1n) is 11.1. The molecule has 2 aromatic heterocycles. The van der Waals surface area contributed by atoms with Crippen LogP contribution in [0.15, 0.2) is 47.5 Å². The van der Waals surface area contributed by atoms with E-state index >= 15 is 0 Å². The fourth-order valence-electron chi connectivity index (χ4n) is 4.79. The molecule has 176 valence electrons. The van der Waals surface area contributed by atoms with Gasteiger partial charge in [0.25, 0.3) is 5.56 Å². The lowest BCUT2D eigenvalue weighted by molar-refractivity contribution is 0.264. The van der Waals surface area contributed by atoms with Crippen LogP contribution in [0.3, 0.4) is 0 Å². The van der Waals surface area contributed by atoms with E-state index in [2.05, 4.69) is 54.8 Å². The monoisotopic (exact) mass is 463 g/mol. The van der Waals surface area contributed by atoms with Crippen LogP contribution in [0.25, 0.3) is 10.8 Å². The molecule has 0 spiro atoms. The summed E-state index contributed by atoms with van der Waals surface area (Å²) < 4.78 is 16.0. The van der Waals surface area contributed by atoms with E-state index in [0.29, 0.717) is 29.0 Å². The quantitative estimate of drug-likeness (QED) is 0.399. The number of rotatable bonds is 6. The van der Waals surface area contributed by atoms with Crippen molar-refractivity contribution in [3.63, 3.8) is 0 Å². The SMILES string of the molecule is CN(C)Cc1ccc(C2NCc3cc(F)cc4c(=O)[nH]nc(c34)C2c2ncnn2CCO)cc1. The number of H-pyrrole nitrogens is 1. The Hall–Kier alpha value is -3.47. The molecule has 10 heteroatoms. The second-order valence-corrected chi connectivity index (χ2v) is 8.81. The number of aromatic nitrogens is 5. The van der Waals surface area contributed by atoms with E-state index in [1.165, 1.54) is 24.0 Å². The van der Waals surface area contributed by atoms with E-state index in [-0.39, 0.29) is 24.6 Å². The maximum absolute atomic E-state index is 14.4. The summed E-state index contributed by atoms with van der Waals surface area (Å²) in [6.07, 6.45) is 1.45. The van der Waals surface area contributed by atoms with Gasteiger partial charge in [-0.1, -0.05) is 24.3 Å². The van der Waals surface area contributed by atoms with Crippen LogP contribution in [-0.4, -0.2) is 55.7 Å². The van der Waals surface area contributed by atoms with E-state index in [4.69, 9.17) is 0 Å². The highest BCUT2D eigenvalue weighted by Gasteiger charge is 2.36. The van der Waals surface area contributed by atoms with Gasteiger partial charge in [-0.2, -0.15) is 10.2 Å². The molecule has 0 saturated carbocycles. The number of benzene rings is 2. The average molecular weight is 464 g/mol.